The molecule has 0 amide bonds. The van der Waals surface area contributed by atoms with Gasteiger partial charge in [-0.3, -0.25) is 4.79 Å². The van der Waals surface area contributed by atoms with Crippen molar-refractivity contribution in [2.24, 2.45) is 0 Å². The molecule has 0 heterocycles. The first kappa shape index (κ1) is 25.0. The van der Waals surface area contributed by atoms with E-state index in [4.69, 9.17) is 15.3 Å². The predicted octanol–water partition coefficient (Wildman–Crippen LogP) is 0.503. The summed E-state index contributed by atoms with van der Waals surface area (Å²) < 4.78 is 8.63. The van der Waals surface area contributed by atoms with Crippen LogP contribution in [0.25, 0.3) is 0 Å². The van der Waals surface area contributed by atoms with Crippen LogP contribution in [-0.4, -0.2) is 52.4 Å². The Morgan fingerprint density at radius 3 is 1.65 bits per heavy atom. The van der Waals surface area contributed by atoms with Gasteiger partial charge in [-0.15, -0.1) is 0 Å². The van der Waals surface area contributed by atoms with E-state index >= 15 is 0 Å². The van der Waals surface area contributed by atoms with Crippen LogP contribution in [0.5, 0.6) is 0 Å². The van der Waals surface area contributed by atoms with Crippen molar-refractivity contribution in [2.75, 3.05) is 13.2 Å². The number of carbonyl (C=O) groups excluding carboxylic acids is 2. The third kappa shape index (κ3) is 32.5. The van der Waals surface area contributed by atoms with Gasteiger partial charge in [0.05, 0.1) is 12.9 Å². The Morgan fingerprint density at radius 1 is 1.04 bits per heavy atom. The standard InChI is InChI=1S/C6H10O3.C4H4O4.C4H6O2/c1-5(2)6(8)9-4-3-7;5-3(6)1-2-4(7)8;1-3-6-4(2)5/h7H,1,3-4H2,2H3;1-2H,(H,5,6)(H,7,8);3H,1H2,2H3/b;2-1+;. The highest BCUT2D eigenvalue weighted by atomic mass is 16.5. The summed E-state index contributed by atoms with van der Waals surface area (Å²) in [6.45, 7) is 9.29. The van der Waals surface area contributed by atoms with Crippen LogP contribution in [0, 0.1) is 0 Å². The van der Waals surface area contributed by atoms with Crippen molar-refractivity contribution in [3.63, 3.8) is 0 Å². The lowest BCUT2D eigenvalue weighted by Crippen LogP contribution is -2.08. The van der Waals surface area contributed by atoms with Crippen LogP contribution in [0.1, 0.15) is 13.8 Å². The average molecular weight is 332 g/mol. The molecule has 0 bridgehead atoms. The summed E-state index contributed by atoms with van der Waals surface area (Å²) in [6, 6.07) is 0. The van der Waals surface area contributed by atoms with Gasteiger partial charge in [0.1, 0.15) is 6.61 Å². The molecule has 0 aliphatic carbocycles. The van der Waals surface area contributed by atoms with Gasteiger partial charge in [-0.05, 0) is 6.92 Å². The van der Waals surface area contributed by atoms with Crippen molar-refractivity contribution in [2.45, 2.75) is 13.8 Å². The van der Waals surface area contributed by atoms with Gasteiger partial charge in [-0.1, -0.05) is 13.2 Å². The van der Waals surface area contributed by atoms with Crippen molar-refractivity contribution >= 4 is 23.9 Å². The Labute approximate surface area is 133 Å². The third-order valence-electron chi connectivity index (χ3n) is 1.29. The highest BCUT2D eigenvalue weighted by Gasteiger charge is 1.99. The maximum absolute atomic E-state index is 10.5. The van der Waals surface area contributed by atoms with Crippen molar-refractivity contribution in [3.8, 4) is 0 Å². The van der Waals surface area contributed by atoms with Gasteiger partial charge in [0.2, 0.25) is 0 Å². The number of hydrogen-bond acceptors (Lipinski definition) is 7. The molecule has 0 aliphatic rings. The molecular weight excluding hydrogens is 312 g/mol. The van der Waals surface area contributed by atoms with Crippen LogP contribution >= 0.6 is 0 Å². The van der Waals surface area contributed by atoms with Gasteiger partial charge in [0.15, 0.2) is 0 Å². The fraction of sp³-hybridized carbons (Fsp3) is 0.286. The van der Waals surface area contributed by atoms with E-state index < -0.39 is 17.9 Å². The maximum atomic E-state index is 10.5. The minimum absolute atomic E-state index is 0.0473. The van der Waals surface area contributed by atoms with Crippen molar-refractivity contribution in [1.29, 1.82) is 0 Å². The second-order valence-corrected chi connectivity index (χ2v) is 3.43. The Balaban J connectivity index is -0.000000266. The number of carbonyl (C=O) groups is 4. The van der Waals surface area contributed by atoms with Crippen LogP contribution in [0.4, 0.5) is 0 Å². The van der Waals surface area contributed by atoms with Gasteiger partial charge < -0.3 is 24.8 Å². The Hall–Kier alpha value is -2.94. The van der Waals surface area contributed by atoms with Crippen LogP contribution in [0.15, 0.2) is 37.1 Å². The Bertz CT molecular complexity index is 433. The molecule has 0 rings (SSSR count). The minimum Gasteiger partial charge on any atom is -0.478 e. The van der Waals surface area contributed by atoms with E-state index in [1.54, 1.807) is 6.92 Å². The zero-order valence-electron chi connectivity index (χ0n) is 12.9. The second kappa shape index (κ2) is 17.1. The first-order valence-corrected chi connectivity index (χ1v) is 5.94. The van der Waals surface area contributed by atoms with E-state index in [0.717, 1.165) is 6.26 Å². The predicted molar refractivity (Wildman–Crippen MR) is 79.2 cm³/mol. The lowest BCUT2D eigenvalue weighted by atomic mass is 10.4. The number of aliphatic hydroxyl groups excluding tert-OH is 1. The monoisotopic (exact) mass is 332 g/mol. The highest BCUT2D eigenvalue weighted by molar-refractivity contribution is 5.89. The second-order valence-electron chi connectivity index (χ2n) is 3.43. The summed E-state index contributed by atoms with van der Waals surface area (Å²) in [7, 11) is 0. The topological polar surface area (TPSA) is 147 Å². The normalized spacial score (nSPS) is 8.48. The molecule has 9 nitrogen and oxygen atoms in total. The quantitative estimate of drug-likeness (QED) is 0.359. The van der Waals surface area contributed by atoms with Crippen LogP contribution in [0.3, 0.4) is 0 Å². The highest BCUT2D eigenvalue weighted by Crippen LogP contribution is 1.89. The fourth-order valence-corrected chi connectivity index (χ4v) is 0.521. The number of carboxylic acid groups (broad SMARTS) is 2. The number of hydrogen-bond donors (Lipinski definition) is 3. The lowest BCUT2D eigenvalue weighted by Gasteiger charge is -1.99. The molecule has 130 valence electrons. The summed E-state index contributed by atoms with van der Waals surface area (Å²) in [6.07, 6.45) is 2.22. The van der Waals surface area contributed by atoms with Crippen molar-refractivity contribution in [1.82, 2.24) is 0 Å². The zero-order valence-corrected chi connectivity index (χ0v) is 12.9. The fourth-order valence-electron chi connectivity index (χ4n) is 0.521. The molecule has 0 spiro atoms. The molecular formula is C14H20O9. The van der Waals surface area contributed by atoms with E-state index in [9.17, 15) is 19.2 Å². The van der Waals surface area contributed by atoms with Crippen molar-refractivity contribution in [3.05, 3.63) is 37.1 Å². The molecule has 23 heavy (non-hydrogen) atoms. The number of carboxylic acids is 2. The first-order chi connectivity index (χ1) is 10.6. The molecule has 0 saturated carbocycles. The van der Waals surface area contributed by atoms with Gasteiger partial charge in [0.25, 0.3) is 0 Å². The lowest BCUT2D eigenvalue weighted by molar-refractivity contribution is -0.140. The van der Waals surface area contributed by atoms with Gasteiger partial charge in [-0.2, -0.15) is 0 Å². The van der Waals surface area contributed by atoms with Crippen LogP contribution in [-0.2, 0) is 28.7 Å². The van der Waals surface area contributed by atoms with Gasteiger partial charge in [-0.25, -0.2) is 14.4 Å². The van der Waals surface area contributed by atoms with Gasteiger partial charge >= 0.3 is 23.9 Å². The molecule has 0 aromatic rings. The average Bonchev–Trinajstić information content (AvgIpc) is 2.43. The number of rotatable bonds is 6. The SMILES string of the molecule is C=C(C)C(=O)OCCO.C=COC(C)=O.O=C(O)/C=C/C(=O)O. The molecule has 0 fully saturated rings. The first-order valence-electron chi connectivity index (χ1n) is 5.94. The molecule has 0 aliphatic heterocycles. The summed E-state index contributed by atoms with van der Waals surface area (Å²) in [4.78, 5) is 39.3. The van der Waals surface area contributed by atoms with E-state index in [1.807, 2.05) is 0 Å². The molecule has 0 aromatic heterocycles. The third-order valence-corrected chi connectivity index (χ3v) is 1.29. The number of aliphatic hydroxyl groups is 1. The summed E-state index contributed by atoms with van der Waals surface area (Å²) in [5.74, 6) is -3.30. The molecule has 0 radical (unpaired) electrons. The van der Waals surface area contributed by atoms with E-state index in [-0.39, 0.29) is 19.2 Å². The van der Waals surface area contributed by atoms with Crippen molar-refractivity contribution < 1.29 is 44.0 Å². The maximum Gasteiger partial charge on any atom is 0.333 e. The molecule has 0 saturated heterocycles. The smallest absolute Gasteiger partial charge is 0.333 e. The zero-order chi connectivity index (χ0) is 18.8. The number of aliphatic carboxylic acids is 2. The molecule has 9 heteroatoms. The Morgan fingerprint density at radius 2 is 1.48 bits per heavy atom. The van der Waals surface area contributed by atoms with E-state index in [0.29, 0.717) is 17.7 Å². The van der Waals surface area contributed by atoms with Crippen LogP contribution < -0.4 is 0 Å². The minimum atomic E-state index is -1.26. The molecule has 0 atom stereocenters. The van der Waals surface area contributed by atoms with Crippen LogP contribution in [0.2, 0.25) is 0 Å². The Kier molecular flexibility index (Phi) is 18.6. The largest absolute Gasteiger partial charge is 0.478 e. The summed E-state index contributed by atoms with van der Waals surface area (Å²) >= 11 is 0. The van der Waals surface area contributed by atoms with Gasteiger partial charge in [0, 0.05) is 24.6 Å². The summed E-state index contributed by atoms with van der Waals surface area (Å²) in [5, 5.41) is 23.8. The number of esters is 2. The molecule has 0 unspecified atom stereocenters. The molecule has 3 N–H and O–H groups in total. The molecule has 0 aromatic carbocycles. The van der Waals surface area contributed by atoms with E-state index in [2.05, 4.69) is 22.6 Å². The van der Waals surface area contributed by atoms with E-state index in [1.165, 1.54) is 6.92 Å². The summed E-state index contributed by atoms with van der Waals surface area (Å²) in [5.41, 5.74) is 0.350. The number of ether oxygens (including phenoxy) is 2.